The van der Waals surface area contributed by atoms with Gasteiger partial charge in [-0.15, -0.1) is 0 Å². The Morgan fingerprint density at radius 3 is 2.83 bits per heavy atom. The SMILES string of the molecule is CC(O)C1CCN(C(=O)NCc2cccc(-n3cccn3)c2)CC1. The van der Waals surface area contributed by atoms with Crippen molar-refractivity contribution >= 4 is 6.03 Å². The van der Waals surface area contributed by atoms with Gasteiger partial charge in [0.25, 0.3) is 0 Å². The molecule has 1 aliphatic rings. The summed E-state index contributed by atoms with van der Waals surface area (Å²) < 4.78 is 1.80. The van der Waals surface area contributed by atoms with Gasteiger partial charge in [-0.25, -0.2) is 9.48 Å². The molecule has 1 aromatic heterocycles. The van der Waals surface area contributed by atoms with E-state index < -0.39 is 0 Å². The molecule has 2 amide bonds. The van der Waals surface area contributed by atoms with Crippen molar-refractivity contribution in [3.63, 3.8) is 0 Å². The Labute approximate surface area is 142 Å². The number of benzene rings is 1. The van der Waals surface area contributed by atoms with Crippen LogP contribution in [0.1, 0.15) is 25.3 Å². The lowest BCUT2D eigenvalue weighted by molar-refractivity contribution is 0.0798. The van der Waals surface area contributed by atoms with Crippen LogP contribution in [0.25, 0.3) is 5.69 Å². The topological polar surface area (TPSA) is 70.4 Å². The minimum absolute atomic E-state index is 0.0384. The highest BCUT2D eigenvalue weighted by Gasteiger charge is 2.25. The van der Waals surface area contributed by atoms with Crippen LogP contribution in [0.15, 0.2) is 42.7 Å². The number of amides is 2. The summed E-state index contributed by atoms with van der Waals surface area (Å²) in [4.78, 5) is 14.1. The van der Waals surface area contributed by atoms with Crippen LogP contribution in [-0.4, -0.2) is 45.0 Å². The Bertz CT molecular complexity index is 661. The molecule has 1 fully saturated rings. The van der Waals surface area contributed by atoms with Crippen LogP contribution in [0.5, 0.6) is 0 Å². The van der Waals surface area contributed by atoms with Gasteiger partial charge in [-0.3, -0.25) is 0 Å². The third-order valence-corrected chi connectivity index (χ3v) is 4.63. The Morgan fingerprint density at radius 1 is 1.38 bits per heavy atom. The van der Waals surface area contributed by atoms with Crippen LogP contribution in [0.2, 0.25) is 0 Å². The second kappa shape index (κ2) is 7.49. The predicted molar refractivity (Wildman–Crippen MR) is 91.8 cm³/mol. The quantitative estimate of drug-likeness (QED) is 0.904. The summed E-state index contributed by atoms with van der Waals surface area (Å²) in [5, 5.41) is 16.8. The minimum atomic E-state index is -0.291. The zero-order chi connectivity index (χ0) is 16.9. The summed E-state index contributed by atoms with van der Waals surface area (Å²) in [6.07, 6.45) is 5.06. The first-order valence-electron chi connectivity index (χ1n) is 8.43. The second-order valence-electron chi connectivity index (χ2n) is 6.34. The van der Waals surface area contributed by atoms with E-state index in [2.05, 4.69) is 10.4 Å². The molecule has 0 saturated carbocycles. The highest BCUT2D eigenvalue weighted by atomic mass is 16.3. The van der Waals surface area contributed by atoms with Gasteiger partial charge in [-0.2, -0.15) is 5.10 Å². The molecule has 0 spiro atoms. The first-order chi connectivity index (χ1) is 11.6. The van der Waals surface area contributed by atoms with E-state index in [1.54, 1.807) is 10.9 Å². The molecule has 2 N–H and O–H groups in total. The molecule has 6 heteroatoms. The van der Waals surface area contributed by atoms with Gasteiger partial charge in [0.1, 0.15) is 0 Å². The van der Waals surface area contributed by atoms with Crippen molar-refractivity contribution in [2.24, 2.45) is 5.92 Å². The van der Waals surface area contributed by atoms with E-state index in [4.69, 9.17) is 0 Å². The summed E-state index contributed by atoms with van der Waals surface area (Å²) in [6, 6.07) is 9.81. The maximum absolute atomic E-state index is 12.3. The molecular formula is C18H24N4O2. The summed E-state index contributed by atoms with van der Waals surface area (Å²) in [7, 11) is 0. The molecule has 6 nitrogen and oxygen atoms in total. The average molecular weight is 328 g/mol. The summed E-state index contributed by atoms with van der Waals surface area (Å²) in [5.41, 5.74) is 2.01. The van der Waals surface area contributed by atoms with Crippen molar-refractivity contribution in [1.82, 2.24) is 20.0 Å². The van der Waals surface area contributed by atoms with Crippen molar-refractivity contribution < 1.29 is 9.90 Å². The Kier molecular flexibility index (Phi) is 5.15. The van der Waals surface area contributed by atoms with Gasteiger partial charge in [0, 0.05) is 32.0 Å². The van der Waals surface area contributed by atoms with E-state index >= 15 is 0 Å². The molecule has 24 heavy (non-hydrogen) atoms. The second-order valence-corrected chi connectivity index (χ2v) is 6.34. The van der Waals surface area contributed by atoms with Gasteiger partial charge in [-0.1, -0.05) is 12.1 Å². The first kappa shape index (κ1) is 16.5. The van der Waals surface area contributed by atoms with Crippen LogP contribution >= 0.6 is 0 Å². The monoisotopic (exact) mass is 328 g/mol. The summed E-state index contributed by atoms with van der Waals surface area (Å²) >= 11 is 0. The van der Waals surface area contributed by atoms with Gasteiger partial charge < -0.3 is 15.3 Å². The van der Waals surface area contributed by atoms with Crippen molar-refractivity contribution in [1.29, 1.82) is 0 Å². The number of aliphatic hydroxyl groups is 1. The number of aromatic nitrogens is 2. The molecular weight excluding hydrogens is 304 g/mol. The molecule has 0 bridgehead atoms. The van der Waals surface area contributed by atoms with E-state index in [0.717, 1.165) is 24.1 Å². The number of nitrogens with one attached hydrogen (secondary N) is 1. The number of carbonyl (C=O) groups is 1. The number of likely N-dealkylation sites (tertiary alicyclic amines) is 1. The molecule has 1 aliphatic heterocycles. The zero-order valence-corrected chi connectivity index (χ0v) is 13.9. The number of carbonyl (C=O) groups excluding carboxylic acids is 1. The number of nitrogens with zero attached hydrogens (tertiary/aromatic N) is 3. The van der Waals surface area contributed by atoms with E-state index in [1.165, 1.54) is 0 Å². The number of rotatable bonds is 4. The third kappa shape index (κ3) is 3.94. The lowest BCUT2D eigenvalue weighted by Gasteiger charge is -2.33. The van der Waals surface area contributed by atoms with Gasteiger partial charge in [0.2, 0.25) is 0 Å². The molecule has 1 saturated heterocycles. The molecule has 1 aromatic carbocycles. The normalized spacial score (nSPS) is 16.8. The van der Waals surface area contributed by atoms with Crippen LogP contribution in [-0.2, 0) is 6.54 Å². The maximum atomic E-state index is 12.3. The maximum Gasteiger partial charge on any atom is 0.317 e. The predicted octanol–water partition coefficient (Wildman–Crippen LogP) is 2.17. The highest BCUT2D eigenvalue weighted by molar-refractivity contribution is 5.74. The number of hydrogen-bond acceptors (Lipinski definition) is 3. The van der Waals surface area contributed by atoms with Crippen LogP contribution in [0.3, 0.4) is 0 Å². The van der Waals surface area contributed by atoms with E-state index in [0.29, 0.717) is 25.6 Å². The third-order valence-electron chi connectivity index (χ3n) is 4.63. The van der Waals surface area contributed by atoms with E-state index in [1.807, 2.05) is 48.4 Å². The molecule has 2 heterocycles. The molecule has 1 atom stereocenters. The minimum Gasteiger partial charge on any atom is -0.393 e. The van der Waals surface area contributed by atoms with E-state index in [9.17, 15) is 9.90 Å². The first-order valence-corrected chi connectivity index (χ1v) is 8.43. The smallest absolute Gasteiger partial charge is 0.317 e. The summed E-state index contributed by atoms with van der Waals surface area (Å²) in [5.74, 6) is 0.305. The van der Waals surface area contributed by atoms with Crippen LogP contribution in [0, 0.1) is 5.92 Å². The fourth-order valence-corrected chi connectivity index (χ4v) is 3.10. The lowest BCUT2D eigenvalue weighted by atomic mass is 9.92. The Hall–Kier alpha value is -2.34. The van der Waals surface area contributed by atoms with Crippen molar-refractivity contribution in [2.75, 3.05) is 13.1 Å². The largest absolute Gasteiger partial charge is 0.393 e. The van der Waals surface area contributed by atoms with Gasteiger partial charge in [0.05, 0.1) is 11.8 Å². The molecule has 2 aromatic rings. The van der Waals surface area contributed by atoms with E-state index in [-0.39, 0.29) is 12.1 Å². The molecule has 0 aliphatic carbocycles. The van der Waals surface area contributed by atoms with Crippen LogP contribution in [0.4, 0.5) is 4.79 Å². The average Bonchev–Trinajstić information content (AvgIpc) is 3.15. The molecule has 128 valence electrons. The zero-order valence-electron chi connectivity index (χ0n) is 13.9. The van der Waals surface area contributed by atoms with Gasteiger partial charge in [0.15, 0.2) is 0 Å². The van der Waals surface area contributed by atoms with Gasteiger partial charge >= 0.3 is 6.03 Å². The number of piperidine rings is 1. The molecule has 0 radical (unpaired) electrons. The fourth-order valence-electron chi connectivity index (χ4n) is 3.10. The van der Waals surface area contributed by atoms with Crippen molar-refractivity contribution in [3.8, 4) is 5.69 Å². The van der Waals surface area contributed by atoms with Crippen molar-refractivity contribution in [2.45, 2.75) is 32.4 Å². The Balaban J connectivity index is 1.53. The standard InChI is InChI=1S/C18H24N4O2/c1-14(23)16-6-10-21(11-7-16)18(24)19-13-15-4-2-5-17(12-15)22-9-3-8-20-22/h2-5,8-9,12,14,16,23H,6-7,10-11,13H2,1H3,(H,19,24). The van der Waals surface area contributed by atoms with Crippen molar-refractivity contribution in [3.05, 3.63) is 48.3 Å². The van der Waals surface area contributed by atoms with Gasteiger partial charge in [-0.05, 0) is 49.4 Å². The fraction of sp³-hybridized carbons (Fsp3) is 0.444. The number of hydrogen-bond donors (Lipinski definition) is 2. The Morgan fingerprint density at radius 2 is 2.17 bits per heavy atom. The number of urea groups is 1. The molecule has 1 unspecified atom stereocenters. The van der Waals surface area contributed by atoms with Crippen LogP contribution < -0.4 is 5.32 Å². The summed E-state index contributed by atoms with van der Waals surface area (Å²) in [6.45, 7) is 3.72. The molecule has 3 rings (SSSR count). The number of aliphatic hydroxyl groups excluding tert-OH is 1. The lowest BCUT2D eigenvalue weighted by Crippen LogP contribution is -2.45. The highest BCUT2D eigenvalue weighted by Crippen LogP contribution is 2.20.